The van der Waals surface area contributed by atoms with E-state index in [0.29, 0.717) is 11.1 Å². The molecule has 2 heterocycles. The van der Waals surface area contributed by atoms with E-state index in [2.05, 4.69) is 16.1 Å². The number of fused-ring (bicyclic) bond motifs is 1. The van der Waals surface area contributed by atoms with Crippen molar-refractivity contribution in [2.75, 3.05) is 16.8 Å². The quantitative estimate of drug-likeness (QED) is 0.858. The SMILES string of the molecule is CN1C=CN(C2CCC(O)CC2)c2ncc(Cl)cc21. The van der Waals surface area contributed by atoms with E-state index in [0.717, 1.165) is 37.2 Å². The van der Waals surface area contributed by atoms with Crippen molar-refractivity contribution in [2.24, 2.45) is 0 Å². The van der Waals surface area contributed by atoms with Crippen LogP contribution in [0.15, 0.2) is 24.7 Å². The standard InChI is InChI=1S/C14H18ClN3O/c1-17-6-7-18(11-2-4-12(19)5-3-11)14-13(17)8-10(15)9-16-14/h6-9,11-12,19H,2-5H2,1H3. The maximum absolute atomic E-state index is 9.62. The fourth-order valence-corrected chi connectivity index (χ4v) is 2.99. The Kier molecular flexibility index (Phi) is 3.37. The van der Waals surface area contributed by atoms with E-state index in [-0.39, 0.29) is 6.10 Å². The number of nitrogens with zero attached hydrogens (tertiary/aromatic N) is 3. The molecule has 5 heteroatoms. The molecule has 1 saturated carbocycles. The third kappa shape index (κ3) is 2.42. The summed E-state index contributed by atoms with van der Waals surface area (Å²) in [6.45, 7) is 0. The Bertz CT molecular complexity index is 497. The van der Waals surface area contributed by atoms with Crippen LogP contribution in [-0.4, -0.2) is 29.3 Å². The molecule has 1 N–H and O–H groups in total. The summed E-state index contributed by atoms with van der Waals surface area (Å²) >= 11 is 6.03. The lowest BCUT2D eigenvalue weighted by atomic mass is 9.92. The van der Waals surface area contributed by atoms with Crippen LogP contribution in [0.4, 0.5) is 11.5 Å². The molecule has 4 nitrogen and oxygen atoms in total. The molecular formula is C14H18ClN3O. The number of aliphatic hydroxyl groups excluding tert-OH is 1. The van der Waals surface area contributed by atoms with Gasteiger partial charge in [0.05, 0.1) is 16.8 Å². The van der Waals surface area contributed by atoms with Gasteiger partial charge in [0.1, 0.15) is 0 Å². The lowest BCUT2D eigenvalue weighted by Gasteiger charge is -2.38. The van der Waals surface area contributed by atoms with Crippen LogP contribution in [0.25, 0.3) is 0 Å². The molecule has 19 heavy (non-hydrogen) atoms. The minimum atomic E-state index is -0.134. The van der Waals surface area contributed by atoms with Gasteiger partial charge in [0.2, 0.25) is 0 Å². The van der Waals surface area contributed by atoms with Gasteiger partial charge in [0, 0.05) is 31.7 Å². The first-order chi connectivity index (χ1) is 9.15. The lowest BCUT2D eigenvalue weighted by molar-refractivity contribution is 0.123. The van der Waals surface area contributed by atoms with E-state index in [4.69, 9.17) is 11.6 Å². The Morgan fingerprint density at radius 1 is 1.26 bits per heavy atom. The van der Waals surface area contributed by atoms with Gasteiger partial charge >= 0.3 is 0 Å². The fraction of sp³-hybridized carbons (Fsp3) is 0.500. The summed E-state index contributed by atoms with van der Waals surface area (Å²) in [5.41, 5.74) is 1.03. The van der Waals surface area contributed by atoms with E-state index >= 15 is 0 Å². The zero-order valence-electron chi connectivity index (χ0n) is 11.0. The van der Waals surface area contributed by atoms with E-state index in [9.17, 15) is 5.11 Å². The van der Waals surface area contributed by atoms with Gasteiger partial charge in [-0.3, -0.25) is 0 Å². The van der Waals surface area contributed by atoms with Gasteiger partial charge in [-0.05, 0) is 31.7 Å². The van der Waals surface area contributed by atoms with E-state index in [1.54, 1.807) is 6.20 Å². The minimum absolute atomic E-state index is 0.134. The van der Waals surface area contributed by atoms with Gasteiger partial charge in [-0.25, -0.2) is 4.98 Å². The highest BCUT2D eigenvalue weighted by Crippen LogP contribution is 2.36. The van der Waals surface area contributed by atoms with Crippen molar-refractivity contribution in [1.29, 1.82) is 0 Å². The summed E-state index contributed by atoms with van der Waals surface area (Å²) in [5, 5.41) is 10.3. The Morgan fingerprint density at radius 3 is 2.74 bits per heavy atom. The molecule has 0 spiro atoms. The van der Waals surface area contributed by atoms with Crippen molar-refractivity contribution in [3.63, 3.8) is 0 Å². The highest BCUT2D eigenvalue weighted by Gasteiger charge is 2.28. The second kappa shape index (κ2) is 5.02. The summed E-state index contributed by atoms with van der Waals surface area (Å²) in [6, 6.07) is 2.36. The van der Waals surface area contributed by atoms with E-state index in [1.165, 1.54) is 0 Å². The molecule has 2 aliphatic rings. The first kappa shape index (κ1) is 12.8. The maximum atomic E-state index is 9.62. The zero-order valence-corrected chi connectivity index (χ0v) is 11.7. The number of halogens is 1. The first-order valence-corrected chi connectivity index (χ1v) is 7.06. The fourth-order valence-electron chi connectivity index (χ4n) is 2.83. The maximum Gasteiger partial charge on any atom is 0.156 e. The van der Waals surface area contributed by atoms with Crippen LogP contribution >= 0.6 is 11.6 Å². The molecule has 102 valence electrons. The normalized spacial score (nSPS) is 26.5. The molecule has 0 unspecified atom stereocenters. The number of aliphatic hydroxyl groups is 1. The average molecular weight is 280 g/mol. The van der Waals surface area contributed by atoms with Crippen LogP contribution in [0.3, 0.4) is 0 Å². The molecule has 1 fully saturated rings. The van der Waals surface area contributed by atoms with Crippen LogP contribution < -0.4 is 9.80 Å². The van der Waals surface area contributed by atoms with Gasteiger partial charge in [-0.1, -0.05) is 11.6 Å². The average Bonchev–Trinajstić information content (AvgIpc) is 2.41. The molecule has 1 aromatic rings. The summed E-state index contributed by atoms with van der Waals surface area (Å²) in [5.74, 6) is 0.954. The number of aromatic nitrogens is 1. The van der Waals surface area contributed by atoms with Crippen molar-refractivity contribution < 1.29 is 5.11 Å². The Balaban J connectivity index is 1.89. The van der Waals surface area contributed by atoms with Gasteiger partial charge in [-0.2, -0.15) is 0 Å². The number of hydrogen-bond donors (Lipinski definition) is 1. The smallest absolute Gasteiger partial charge is 0.156 e. The van der Waals surface area contributed by atoms with Crippen LogP contribution in [-0.2, 0) is 0 Å². The molecule has 0 bridgehead atoms. The second-order valence-corrected chi connectivity index (χ2v) is 5.71. The molecule has 0 amide bonds. The van der Waals surface area contributed by atoms with Crippen LogP contribution in [0.2, 0.25) is 5.02 Å². The van der Waals surface area contributed by atoms with Gasteiger partial charge in [0.15, 0.2) is 5.82 Å². The van der Waals surface area contributed by atoms with Crippen LogP contribution in [0, 0.1) is 0 Å². The minimum Gasteiger partial charge on any atom is -0.393 e. The van der Waals surface area contributed by atoms with E-state index in [1.807, 2.05) is 24.2 Å². The summed E-state index contributed by atoms with van der Waals surface area (Å²) in [4.78, 5) is 8.73. The molecule has 1 aliphatic heterocycles. The number of anilines is 2. The monoisotopic (exact) mass is 279 g/mol. The molecule has 0 aromatic carbocycles. The molecular weight excluding hydrogens is 262 g/mol. The third-order valence-electron chi connectivity index (χ3n) is 3.95. The van der Waals surface area contributed by atoms with Crippen molar-refractivity contribution in [2.45, 2.75) is 37.8 Å². The largest absolute Gasteiger partial charge is 0.393 e. The highest BCUT2D eigenvalue weighted by molar-refractivity contribution is 6.30. The molecule has 0 saturated heterocycles. The Morgan fingerprint density at radius 2 is 2.00 bits per heavy atom. The van der Waals surface area contributed by atoms with Gasteiger partial charge in [0.25, 0.3) is 0 Å². The number of hydrogen-bond acceptors (Lipinski definition) is 4. The summed E-state index contributed by atoms with van der Waals surface area (Å²) < 4.78 is 0. The lowest BCUT2D eigenvalue weighted by Crippen LogP contribution is -2.38. The zero-order chi connectivity index (χ0) is 13.4. The first-order valence-electron chi connectivity index (χ1n) is 6.68. The summed E-state index contributed by atoms with van der Waals surface area (Å²) in [7, 11) is 2.00. The Labute approximate surface area is 118 Å². The van der Waals surface area contributed by atoms with Crippen molar-refractivity contribution >= 4 is 23.1 Å². The molecule has 0 atom stereocenters. The summed E-state index contributed by atoms with van der Waals surface area (Å²) in [6.07, 6.45) is 9.40. The van der Waals surface area contributed by atoms with Gasteiger partial charge in [-0.15, -0.1) is 0 Å². The molecule has 1 aromatic heterocycles. The van der Waals surface area contributed by atoms with Crippen LogP contribution in [0.1, 0.15) is 25.7 Å². The molecule has 3 rings (SSSR count). The highest BCUT2D eigenvalue weighted by atomic mass is 35.5. The van der Waals surface area contributed by atoms with Gasteiger partial charge < -0.3 is 14.9 Å². The predicted octanol–water partition coefficient (Wildman–Crippen LogP) is 2.77. The Hall–Kier alpha value is -1.26. The number of rotatable bonds is 1. The topological polar surface area (TPSA) is 39.6 Å². The van der Waals surface area contributed by atoms with E-state index < -0.39 is 0 Å². The molecule has 0 radical (unpaired) electrons. The predicted molar refractivity (Wildman–Crippen MR) is 77.5 cm³/mol. The van der Waals surface area contributed by atoms with Crippen LogP contribution in [0.5, 0.6) is 0 Å². The van der Waals surface area contributed by atoms with Crippen molar-refractivity contribution in [3.8, 4) is 0 Å². The second-order valence-electron chi connectivity index (χ2n) is 5.27. The third-order valence-corrected chi connectivity index (χ3v) is 4.16. The molecule has 1 aliphatic carbocycles. The van der Waals surface area contributed by atoms with Crippen molar-refractivity contribution in [3.05, 3.63) is 29.7 Å². The number of pyridine rings is 1. The van der Waals surface area contributed by atoms with Crippen molar-refractivity contribution in [1.82, 2.24) is 4.98 Å².